The summed E-state index contributed by atoms with van der Waals surface area (Å²) in [4.78, 5) is 29.5. The third-order valence-electron chi connectivity index (χ3n) is 5.76. The summed E-state index contributed by atoms with van der Waals surface area (Å²) in [5.41, 5.74) is 2.70. The predicted molar refractivity (Wildman–Crippen MR) is 98.5 cm³/mol. The number of rotatable bonds is 2. The third-order valence-corrected chi connectivity index (χ3v) is 5.76. The van der Waals surface area contributed by atoms with E-state index < -0.39 is 11.4 Å². The fraction of sp³-hybridized carbons (Fsp3) is 0.286. The summed E-state index contributed by atoms with van der Waals surface area (Å²) >= 11 is 0. The normalized spacial score (nSPS) is 26.8. The zero-order valence-electron chi connectivity index (χ0n) is 14.2. The Hall–Kier alpha value is -2.95. The molecule has 0 spiro atoms. The number of carboxylic acid groups (broad SMARTS) is 1. The Kier molecular flexibility index (Phi) is 3.11. The SMILES string of the molecule is O=C(O)C12C=Cc3nc4c(c(=O)n3C1C2)CCCC4=Cc1ccccc1. The molecule has 1 aliphatic heterocycles. The number of hydrogen-bond donors (Lipinski definition) is 1. The molecular formula is C21H18N2O3. The highest BCUT2D eigenvalue weighted by Gasteiger charge is 2.62. The number of aliphatic carboxylic acids is 1. The van der Waals surface area contributed by atoms with Crippen molar-refractivity contribution in [1.82, 2.24) is 9.55 Å². The average Bonchev–Trinajstić information content (AvgIpc) is 3.40. The van der Waals surface area contributed by atoms with E-state index in [0.717, 1.165) is 35.2 Å². The molecule has 3 aliphatic rings. The number of aromatic nitrogens is 2. The Morgan fingerprint density at radius 3 is 2.85 bits per heavy atom. The quantitative estimate of drug-likeness (QED) is 0.907. The second kappa shape index (κ2) is 5.27. The number of allylic oxidation sites excluding steroid dienone is 1. The predicted octanol–water partition coefficient (Wildman–Crippen LogP) is 3.16. The molecule has 2 atom stereocenters. The lowest BCUT2D eigenvalue weighted by Crippen LogP contribution is -2.33. The maximum Gasteiger partial charge on any atom is 0.315 e. The molecule has 5 nitrogen and oxygen atoms in total. The minimum absolute atomic E-state index is 0.0684. The van der Waals surface area contributed by atoms with Crippen molar-refractivity contribution in [2.45, 2.75) is 31.7 Å². The van der Waals surface area contributed by atoms with Crippen molar-refractivity contribution in [3.63, 3.8) is 0 Å². The second-order valence-corrected chi connectivity index (χ2v) is 7.30. The van der Waals surface area contributed by atoms with Crippen LogP contribution in [0.2, 0.25) is 0 Å². The number of benzene rings is 1. The van der Waals surface area contributed by atoms with Crippen molar-refractivity contribution >= 4 is 23.7 Å². The highest BCUT2D eigenvalue weighted by Crippen LogP contribution is 2.59. The zero-order chi connectivity index (χ0) is 17.9. The molecule has 1 saturated carbocycles. The monoisotopic (exact) mass is 346 g/mol. The highest BCUT2D eigenvalue weighted by molar-refractivity contribution is 5.85. The summed E-state index contributed by atoms with van der Waals surface area (Å²) in [6, 6.07) is 9.75. The van der Waals surface area contributed by atoms with E-state index in [9.17, 15) is 14.7 Å². The zero-order valence-corrected chi connectivity index (χ0v) is 14.2. The van der Waals surface area contributed by atoms with Crippen LogP contribution in [0, 0.1) is 5.41 Å². The fourth-order valence-electron chi connectivity index (χ4n) is 4.25. The van der Waals surface area contributed by atoms with E-state index in [1.807, 2.05) is 30.3 Å². The molecular weight excluding hydrogens is 328 g/mol. The van der Waals surface area contributed by atoms with Gasteiger partial charge in [0.05, 0.1) is 11.7 Å². The molecule has 5 heteroatoms. The standard InChI is InChI=1S/C21H18N2O3/c24-19-15-8-4-7-14(11-13-5-2-1-3-6-13)18(15)22-17-9-10-21(20(25)26)12-16(21)23(17)19/h1-3,5-6,9-11,16H,4,7-8,12H2,(H,25,26). The van der Waals surface area contributed by atoms with Crippen molar-refractivity contribution in [2.24, 2.45) is 5.41 Å². The van der Waals surface area contributed by atoms with E-state index in [4.69, 9.17) is 4.98 Å². The summed E-state index contributed by atoms with van der Waals surface area (Å²) in [5, 5.41) is 9.50. The van der Waals surface area contributed by atoms with Gasteiger partial charge >= 0.3 is 5.97 Å². The molecule has 2 aliphatic carbocycles. The van der Waals surface area contributed by atoms with E-state index in [-0.39, 0.29) is 11.6 Å². The van der Waals surface area contributed by atoms with Crippen LogP contribution in [0.5, 0.6) is 0 Å². The first-order valence-electron chi connectivity index (χ1n) is 8.94. The second-order valence-electron chi connectivity index (χ2n) is 7.30. The number of hydrogen-bond acceptors (Lipinski definition) is 3. The van der Waals surface area contributed by atoms with Gasteiger partial charge in [-0.2, -0.15) is 0 Å². The van der Waals surface area contributed by atoms with Gasteiger partial charge in [-0.05, 0) is 49.0 Å². The summed E-state index contributed by atoms with van der Waals surface area (Å²) in [5.74, 6) is -0.285. The van der Waals surface area contributed by atoms with Gasteiger partial charge in [-0.3, -0.25) is 14.2 Å². The van der Waals surface area contributed by atoms with Gasteiger partial charge in [0.2, 0.25) is 0 Å². The molecule has 1 N–H and O–H groups in total. The lowest BCUT2D eigenvalue weighted by atomic mass is 9.90. The molecule has 0 amide bonds. The van der Waals surface area contributed by atoms with Crippen LogP contribution in [-0.2, 0) is 11.2 Å². The Balaban J connectivity index is 1.66. The smallest absolute Gasteiger partial charge is 0.315 e. The maximum atomic E-state index is 13.1. The Morgan fingerprint density at radius 1 is 1.27 bits per heavy atom. The molecule has 26 heavy (non-hydrogen) atoms. The van der Waals surface area contributed by atoms with Crippen molar-refractivity contribution in [3.8, 4) is 0 Å². The molecule has 1 aromatic heterocycles. The van der Waals surface area contributed by atoms with Gasteiger partial charge in [0.25, 0.3) is 5.56 Å². The summed E-state index contributed by atoms with van der Waals surface area (Å²) in [6.45, 7) is 0. The van der Waals surface area contributed by atoms with Gasteiger partial charge in [-0.15, -0.1) is 0 Å². The largest absolute Gasteiger partial charge is 0.481 e. The Bertz CT molecular complexity index is 1050. The van der Waals surface area contributed by atoms with Gasteiger partial charge < -0.3 is 5.11 Å². The molecule has 0 bridgehead atoms. The first-order valence-corrected chi connectivity index (χ1v) is 8.94. The molecule has 2 heterocycles. The van der Waals surface area contributed by atoms with E-state index in [1.165, 1.54) is 0 Å². The number of carboxylic acids is 1. The highest BCUT2D eigenvalue weighted by atomic mass is 16.4. The lowest BCUT2D eigenvalue weighted by molar-refractivity contribution is -0.141. The minimum Gasteiger partial charge on any atom is -0.481 e. The summed E-state index contributed by atoms with van der Waals surface area (Å²) < 4.78 is 1.61. The van der Waals surface area contributed by atoms with Gasteiger partial charge in [0.15, 0.2) is 0 Å². The first-order chi connectivity index (χ1) is 12.6. The van der Waals surface area contributed by atoms with E-state index >= 15 is 0 Å². The van der Waals surface area contributed by atoms with E-state index in [2.05, 4.69) is 6.08 Å². The molecule has 2 aromatic rings. The molecule has 2 unspecified atom stereocenters. The van der Waals surface area contributed by atoms with Crippen molar-refractivity contribution in [3.05, 3.63) is 69.4 Å². The molecule has 0 radical (unpaired) electrons. The van der Waals surface area contributed by atoms with Crippen LogP contribution in [-0.4, -0.2) is 20.6 Å². The van der Waals surface area contributed by atoms with Crippen LogP contribution in [0.15, 0.2) is 41.2 Å². The van der Waals surface area contributed by atoms with Crippen molar-refractivity contribution in [1.29, 1.82) is 0 Å². The van der Waals surface area contributed by atoms with Crippen LogP contribution in [0.25, 0.3) is 17.7 Å². The van der Waals surface area contributed by atoms with Gasteiger partial charge in [-0.25, -0.2) is 4.98 Å². The molecule has 0 saturated heterocycles. The molecule has 5 rings (SSSR count). The summed E-state index contributed by atoms with van der Waals surface area (Å²) in [7, 11) is 0. The van der Waals surface area contributed by atoms with Crippen LogP contribution < -0.4 is 5.56 Å². The van der Waals surface area contributed by atoms with Crippen molar-refractivity contribution < 1.29 is 9.90 Å². The van der Waals surface area contributed by atoms with Gasteiger partial charge in [0.1, 0.15) is 11.2 Å². The number of fused-ring (bicyclic) bond motifs is 4. The van der Waals surface area contributed by atoms with Gasteiger partial charge in [0, 0.05) is 5.56 Å². The number of carbonyl (C=O) groups is 1. The number of nitrogens with zero attached hydrogens (tertiary/aromatic N) is 2. The van der Waals surface area contributed by atoms with E-state index in [0.29, 0.717) is 18.7 Å². The Morgan fingerprint density at radius 2 is 2.08 bits per heavy atom. The minimum atomic E-state index is -0.913. The topological polar surface area (TPSA) is 72.2 Å². The Labute approximate surface area is 150 Å². The van der Waals surface area contributed by atoms with Crippen LogP contribution >= 0.6 is 0 Å². The van der Waals surface area contributed by atoms with Gasteiger partial charge in [-0.1, -0.05) is 36.4 Å². The third kappa shape index (κ3) is 2.06. The average molecular weight is 346 g/mol. The van der Waals surface area contributed by atoms with Crippen LogP contribution in [0.3, 0.4) is 0 Å². The maximum absolute atomic E-state index is 13.1. The van der Waals surface area contributed by atoms with E-state index in [1.54, 1.807) is 16.7 Å². The molecule has 130 valence electrons. The molecule has 1 fully saturated rings. The fourth-order valence-corrected chi connectivity index (χ4v) is 4.25. The first kappa shape index (κ1) is 15.3. The van der Waals surface area contributed by atoms with Crippen LogP contribution in [0.4, 0.5) is 0 Å². The molecule has 1 aromatic carbocycles. The lowest BCUT2D eigenvalue weighted by Gasteiger charge is -2.23. The van der Waals surface area contributed by atoms with Crippen LogP contribution in [0.1, 0.15) is 47.9 Å². The summed E-state index contributed by atoms with van der Waals surface area (Å²) in [6.07, 6.45) is 8.48. The van der Waals surface area contributed by atoms with Crippen molar-refractivity contribution in [2.75, 3.05) is 0 Å².